The van der Waals surface area contributed by atoms with Crippen LogP contribution in [0.3, 0.4) is 0 Å². The van der Waals surface area contributed by atoms with Gasteiger partial charge in [0.25, 0.3) is 5.91 Å². The predicted molar refractivity (Wildman–Crippen MR) is 78.8 cm³/mol. The quantitative estimate of drug-likeness (QED) is 0.783. The van der Waals surface area contributed by atoms with Gasteiger partial charge in [-0.25, -0.2) is 0 Å². The normalized spacial score (nSPS) is 11.5. The summed E-state index contributed by atoms with van der Waals surface area (Å²) in [6, 6.07) is 5.75. The Morgan fingerprint density at radius 1 is 1.58 bits per heavy atom. The highest BCUT2D eigenvalue weighted by Crippen LogP contribution is 2.29. The molecule has 4 nitrogen and oxygen atoms in total. The minimum Gasteiger partial charge on any atom is -0.479 e. The van der Waals surface area contributed by atoms with Crippen molar-refractivity contribution < 1.29 is 9.53 Å². The summed E-state index contributed by atoms with van der Waals surface area (Å²) in [5.74, 6) is 2.79. The molecule has 1 rings (SSSR count). The number of hydrogen-bond acceptors (Lipinski definition) is 3. The molecule has 0 spiro atoms. The first kappa shape index (κ1) is 15.5. The van der Waals surface area contributed by atoms with Crippen LogP contribution in [0.5, 0.6) is 5.75 Å². The molecule has 102 valence electrons. The molecule has 0 heterocycles. The van der Waals surface area contributed by atoms with E-state index in [0.29, 0.717) is 12.3 Å². The van der Waals surface area contributed by atoms with E-state index in [2.05, 4.69) is 32.5 Å². The van der Waals surface area contributed by atoms with Gasteiger partial charge in [0.15, 0.2) is 6.10 Å². The maximum atomic E-state index is 11.7. The van der Waals surface area contributed by atoms with Crippen LogP contribution in [0.25, 0.3) is 0 Å². The predicted octanol–water partition coefficient (Wildman–Crippen LogP) is 1.69. The minimum atomic E-state index is -0.609. The molecule has 0 aliphatic rings. The first-order chi connectivity index (χ1) is 9.10. The van der Waals surface area contributed by atoms with E-state index in [1.54, 1.807) is 6.92 Å². The summed E-state index contributed by atoms with van der Waals surface area (Å²) in [4.78, 5) is 11.7. The van der Waals surface area contributed by atoms with Crippen molar-refractivity contribution in [3.8, 4) is 18.1 Å². The van der Waals surface area contributed by atoms with Crippen LogP contribution >= 0.6 is 15.9 Å². The van der Waals surface area contributed by atoms with E-state index in [0.717, 1.165) is 10.0 Å². The Morgan fingerprint density at radius 2 is 2.32 bits per heavy atom. The Labute approximate surface area is 122 Å². The standard InChI is InChI=1S/C14H17BrN2O2/c1-4-8-17-14(18)10(2)19-13-11(9-16-3)6-5-7-12(13)15/h1,5-7,10,16H,8-9H2,2-3H3,(H,17,18). The number of benzene rings is 1. The van der Waals surface area contributed by atoms with Crippen LogP contribution in [-0.4, -0.2) is 25.6 Å². The highest BCUT2D eigenvalue weighted by atomic mass is 79.9. The largest absolute Gasteiger partial charge is 0.479 e. The Bertz CT molecular complexity index is 483. The molecule has 0 aromatic heterocycles. The molecule has 0 saturated carbocycles. The van der Waals surface area contributed by atoms with Crippen LogP contribution in [0.4, 0.5) is 0 Å². The van der Waals surface area contributed by atoms with E-state index in [9.17, 15) is 4.79 Å². The summed E-state index contributed by atoms with van der Waals surface area (Å²) in [6.07, 6.45) is 4.49. The summed E-state index contributed by atoms with van der Waals surface area (Å²) in [5, 5.41) is 5.65. The lowest BCUT2D eigenvalue weighted by Crippen LogP contribution is -2.36. The fourth-order valence-electron chi connectivity index (χ4n) is 1.53. The summed E-state index contributed by atoms with van der Waals surface area (Å²) in [5.41, 5.74) is 0.980. The van der Waals surface area contributed by atoms with Gasteiger partial charge in [0.1, 0.15) is 5.75 Å². The van der Waals surface area contributed by atoms with Gasteiger partial charge in [-0.1, -0.05) is 18.1 Å². The summed E-state index contributed by atoms with van der Waals surface area (Å²) in [6.45, 7) is 2.55. The maximum Gasteiger partial charge on any atom is 0.261 e. The number of carbonyl (C=O) groups excluding carboxylic acids is 1. The Balaban J connectivity index is 2.81. The van der Waals surface area contributed by atoms with Crippen molar-refractivity contribution in [2.75, 3.05) is 13.6 Å². The summed E-state index contributed by atoms with van der Waals surface area (Å²) < 4.78 is 6.54. The van der Waals surface area contributed by atoms with Crippen molar-refractivity contribution in [3.63, 3.8) is 0 Å². The van der Waals surface area contributed by atoms with Gasteiger partial charge in [-0.2, -0.15) is 0 Å². The average Bonchev–Trinajstić information content (AvgIpc) is 2.40. The highest BCUT2D eigenvalue weighted by Gasteiger charge is 2.17. The van der Waals surface area contributed by atoms with Crippen LogP contribution in [-0.2, 0) is 11.3 Å². The molecule has 0 fully saturated rings. The fourth-order valence-corrected chi connectivity index (χ4v) is 2.03. The van der Waals surface area contributed by atoms with E-state index < -0.39 is 6.10 Å². The highest BCUT2D eigenvalue weighted by molar-refractivity contribution is 9.10. The lowest BCUT2D eigenvalue weighted by Gasteiger charge is -2.18. The molecule has 0 bridgehead atoms. The third-order valence-electron chi connectivity index (χ3n) is 2.44. The Hall–Kier alpha value is -1.51. The molecule has 2 N–H and O–H groups in total. The van der Waals surface area contributed by atoms with Crippen molar-refractivity contribution in [1.82, 2.24) is 10.6 Å². The number of ether oxygens (including phenoxy) is 1. The first-order valence-electron chi connectivity index (χ1n) is 5.90. The molecule has 0 radical (unpaired) electrons. The fraction of sp³-hybridized carbons (Fsp3) is 0.357. The molecule has 5 heteroatoms. The van der Waals surface area contributed by atoms with Crippen LogP contribution in [0.2, 0.25) is 0 Å². The van der Waals surface area contributed by atoms with E-state index in [-0.39, 0.29) is 12.5 Å². The SMILES string of the molecule is C#CCNC(=O)C(C)Oc1c(Br)cccc1CNC. The van der Waals surface area contributed by atoms with Crippen molar-refractivity contribution in [1.29, 1.82) is 0 Å². The lowest BCUT2D eigenvalue weighted by molar-refractivity contribution is -0.127. The van der Waals surface area contributed by atoms with E-state index in [4.69, 9.17) is 11.2 Å². The van der Waals surface area contributed by atoms with Crippen molar-refractivity contribution in [2.24, 2.45) is 0 Å². The molecule has 0 aliphatic heterocycles. The monoisotopic (exact) mass is 324 g/mol. The Morgan fingerprint density at radius 3 is 2.95 bits per heavy atom. The average molecular weight is 325 g/mol. The zero-order valence-electron chi connectivity index (χ0n) is 11.0. The van der Waals surface area contributed by atoms with Crippen LogP contribution in [0.15, 0.2) is 22.7 Å². The molecule has 1 unspecified atom stereocenters. The van der Waals surface area contributed by atoms with E-state index in [1.807, 2.05) is 25.2 Å². The second-order valence-corrected chi connectivity index (χ2v) is 4.79. The number of terminal acetylenes is 1. The minimum absolute atomic E-state index is 0.200. The maximum absolute atomic E-state index is 11.7. The van der Waals surface area contributed by atoms with Crippen molar-refractivity contribution in [2.45, 2.75) is 19.6 Å². The number of nitrogens with one attached hydrogen (secondary N) is 2. The smallest absolute Gasteiger partial charge is 0.261 e. The molecular formula is C14H17BrN2O2. The molecule has 1 aromatic rings. The third-order valence-corrected chi connectivity index (χ3v) is 3.07. The zero-order valence-corrected chi connectivity index (χ0v) is 12.6. The summed E-state index contributed by atoms with van der Waals surface area (Å²) >= 11 is 3.43. The van der Waals surface area contributed by atoms with Gasteiger partial charge < -0.3 is 15.4 Å². The molecule has 0 aliphatic carbocycles. The van der Waals surface area contributed by atoms with Gasteiger partial charge in [-0.15, -0.1) is 6.42 Å². The lowest BCUT2D eigenvalue weighted by atomic mass is 10.2. The van der Waals surface area contributed by atoms with Crippen molar-refractivity contribution in [3.05, 3.63) is 28.2 Å². The second-order valence-electron chi connectivity index (χ2n) is 3.94. The van der Waals surface area contributed by atoms with Gasteiger partial charge in [-0.05, 0) is 36.0 Å². The van der Waals surface area contributed by atoms with Gasteiger partial charge in [-0.3, -0.25) is 4.79 Å². The zero-order chi connectivity index (χ0) is 14.3. The van der Waals surface area contributed by atoms with Crippen LogP contribution in [0.1, 0.15) is 12.5 Å². The third kappa shape index (κ3) is 4.58. The number of amides is 1. The molecule has 1 atom stereocenters. The molecule has 0 saturated heterocycles. The van der Waals surface area contributed by atoms with Gasteiger partial charge in [0.05, 0.1) is 11.0 Å². The van der Waals surface area contributed by atoms with Gasteiger partial charge >= 0.3 is 0 Å². The van der Waals surface area contributed by atoms with Gasteiger partial charge in [0, 0.05) is 12.1 Å². The summed E-state index contributed by atoms with van der Waals surface area (Å²) in [7, 11) is 1.85. The second kappa shape index (κ2) is 7.82. The number of para-hydroxylation sites is 1. The number of carbonyl (C=O) groups is 1. The first-order valence-corrected chi connectivity index (χ1v) is 6.69. The molecule has 1 amide bonds. The number of halogens is 1. The number of rotatable bonds is 6. The molecular weight excluding hydrogens is 308 g/mol. The topological polar surface area (TPSA) is 50.4 Å². The van der Waals surface area contributed by atoms with Gasteiger partial charge in [0.2, 0.25) is 0 Å². The number of hydrogen-bond donors (Lipinski definition) is 2. The Kier molecular flexibility index (Phi) is 6.40. The molecule has 1 aromatic carbocycles. The van der Waals surface area contributed by atoms with Crippen LogP contribution in [0, 0.1) is 12.3 Å². The van der Waals surface area contributed by atoms with E-state index in [1.165, 1.54) is 0 Å². The molecule has 19 heavy (non-hydrogen) atoms. The van der Waals surface area contributed by atoms with Crippen LogP contribution < -0.4 is 15.4 Å². The van der Waals surface area contributed by atoms with E-state index >= 15 is 0 Å². The van der Waals surface area contributed by atoms with Crippen molar-refractivity contribution >= 4 is 21.8 Å².